The van der Waals surface area contributed by atoms with Gasteiger partial charge in [0.25, 0.3) is 5.91 Å². The van der Waals surface area contributed by atoms with Crippen molar-refractivity contribution in [3.63, 3.8) is 0 Å². The van der Waals surface area contributed by atoms with Crippen molar-refractivity contribution in [3.8, 4) is 0 Å². The second-order valence-electron chi connectivity index (χ2n) is 3.55. The number of hydrogen-bond donors (Lipinski definition) is 1. The molecule has 0 radical (unpaired) electrons. The first-order chi connectivity index (χ1) is 8.15. The van der Waals surface area contributed by atoms with E-state index in [1.807, 2.05) is 12.3 Å². The second kappa shape index (κ2) is 5.05. The van der Waals surface area contributed by atoms with E-state index >= 15 is 0 Å². The standard InChI is InChI=1S/C12H11FN2OS/c1-8-15-11(7-17-8)6-14-12(16)9-2-4-10(13)5-3-9/h2-5,7H,6H2,1H3,(H,14,16). The van der Waals surface area contributed by atoms with Gasteiger partial charge in [0, 0.05) is 10.9 Å². The van der Waals surface area contributed by atoms with Gasteiger partial charge >= 0.3 is 0 Å². The lowest BCUT2D eigenvalue weighted by atomic mass is 10.2. The summed E-state index contributed by atoms with van der Waals surface area (Å²) in [7, 11) is 0. The molecule has 0 aliphatic rings. The molecule has 0 bridgehead atoms. The minimum Gasteiger partial charge on any atom is -0.346 e. The molecule has 17 heavy (non-hydrogen) atoms. The van der Waals surface area contributed by atoms with Gasteiger partial charge in [0.2, 0.25) is 0 Å². The molecule has 0 fully saturated rings. The summed E-state index contributed by atoms with van der Waals surface area (Å²) in [4.78, 5) is 15.9. The quantitative estimate of drug-likeness (QED) is 0.909. The normalized spacial score (nSPS) is 10.2. The molecule has 2 rings (SSSR count). The third-order valence-corrected chi connectivity index (χ3v) is 3.03. The van der Waals surface area contributed by atoms with E-state index in [-0.39, 0.29) is 11.7 Å². The van der Waals surface area contributed by atoms with E-state index in [9.17, 15) is 9.18 Å². The molecule has 0 spiro atoms. The molecule has 1 heterocycles. The average molecular weight is 250 g/mol. The molecule has 5 heteroatoms. The summed E-state index contributed by atoms with van der Waals surface area (Å²) >= 11 is 1.54. The van der Waals surface area contributed by atoms with Gasteiger partial charge in [-0.25, -0.2) is 9.37 Å². The molecule has 0 saturated carbocycles. The summed E-state index contributed by atoms with van der Waals surface area (Å²) in [5, 5.41) is 5.60. The monoisotopic (exact) mass is 250 g/mol. The maximum Gasteiger partial charge on any atom is 0.251 e. The molecule has 0 saturated heterocycles. The third-order valence-electron chi connectivity index (χ3n) is 2.20. The van der Waals surface area contributed by atoms with E-state index in [1.54, 1.807) is 11.3 Å². The molecule has 0 unspecified atom stereocenters. The topological polar surface area (TPSA) is 42.0 Å². The highest BCUT2D eigenvalue weighted by Crippen LogP contribution is 2.08. The predicted octanol–water partition coefficient (Wildman–Crippen LogP) is 2.52. The van der Waals surface area contributed by atoms with Gasteiger partial charge in [-0.2, -0.15) is 0 Å². The highest BCUT2D eigenvalue weighted by atomic mass is 32.1. The highest BCUT2D eigenvalue weighted by Gasteiger charge is 2.06. The Morgan fingerprint density at radius 1 is 1.41 bits per heavy atom. The number of thiazole rings is 1. The van der Waals surface area contributed by atoms with Crippen LogP contribution in [0.5, 0.6) is 0 Å². The van der Waals surface area contributed by atoms with Crippen molar-refractivity contribution in [2.24, 2.45) is 0 Å². The van der Waals surface area contributed by atoms with Crippen molar-refractivity contribution in [1.82, 2.24) is 10.3 Å². The number of rotatable bonds is 3. The molecule has 1 amide bonds. The largest absolute Gasteiger partial charge is 0.346 e. The molecule has 0 atom stereocenters. The first-order valence-electron chi connectivity index (χ1n) is 5.10. The van der Waals surface area contributed by atoms with Gasteiger partial charge in [-0.3, -0.25) is 4.79 Å². The fourth-order valence-electron chi connectivity index (χ4n) is 1.36. The number of halogens is 1. The van der Waals surface area contributed by atoms with Gasteiger partial charge in [-0.1, -0.05) is 0 Å². The van der Waals surface area contributed by atoms with Crippen LogP contribution in [-0.2, 0) is 6.54 Å². The summed E-state index contributed by atoms with van der Waals surface area (Å²) in [6, 6.07) is 5.44. The third kappa shape index (κ3) is 3.10. The van der Waals surface area contributed by atoms with Gasteiger partial charge in [-0.05, 0) is 31.2 Å². The fourth-order valence-corrected chi connectivity index (χ4v) is 1.98. The highest BCUT2D eigenvalue weighted by molar-refractivity contribution is 7.09. The number of nitrogens with zero attached hydrogens (tertiary/aromatic N) is 1. The maximum atomic E-state index is 12.7. The average Bonchev–Trinajstić information content (AvgIpc) is 2.73. The summed E-state index contributed by atoms with van der Waals surface area (Å²) < 4.78 is 12.7. The number of amides is 1. The molecule has 1 aromatic carbocycles. The minimum atomic E-state index is -0.350. The Morgan fingerprint density at radius 2 is 2.12 bits per heavy atom. The summed E-state index contributed by atoms with van der Waals surface area (Å²) in [6.07, 6.45) is 0. The maximum absolute atomic E-state index is 12.7. The van der Waals surface area contributed by atoms with Crippen LogP contribution < -0.4 is 5.32 Å². The lowest BCUT2D eigenvalue weighted by molar-refractivity contribution is 0.0950. The van der Waals surface area contributed by atoms with E-state index in [2.05, 4.69) is 10.3 Å². The van der Waals surface area contributed by atoms with Gasteiger partial charge in [0.05, 0.1) is 17.2 Å². The van der Waals surface area contributed by atoms with Crippen LogP contribution in [0.2, 0.25) is 0 Å². The molecular formula is C12H11FN2OS. The molecule has 1 N–H and O–H groups in total. The van der Waals surface area contributed by atoms with Crippen LogP contribution in [0, 0.1) is 12.7 Å². The number of carbonyl (C=O) groups excluding carboxylic acids is 1. The zero-order valence-electron chi connectivity index (χ0n) is 9.24. The number of hydrogen-bond acceptors (Lipinski definition) is 3. The Bertz CT molecular complexity index is 522. The van der Waals surface area contributed by atoms with Crippen molar-refractivity contribution in [1.29, 1.82) is 0 Å². The summed E-state index contributed by atoms with van der Waals surface area (Å²) in [5.41, 5.74) is 1.28. The molecular weight excluding hydrogens is 239 g/mol. The van der Waals surface area contributed by atoms with Crippen molar-refractivity contribution in [2.75, 3.05) is 0 Å². The number of aromatic nitrogens is 1. The van der Waals surface area contributed by atoms with E-state index in [4.69, 9.17) is 0 Å². The molecule has 2 aromatic rings. The minimum absolute atomic E-state index is 0.226. The van der Waals surface area contributed by atoms with Crippen LogP contribution in [0.4, 0.5) is 4.39 Å². The molecule has 88 valence electrons. The first-order valence-corrected chi connectivity index (χ1v) is 5.98. The Balaban J connectivity index is 1.95. The van der Waals surface area contributed by atoms with E-state index < -0.39 is 0 Å². The summed E-state index contributed by atoms with van der Waals surface area (Å²) in [5.74, 6) is -0.577. The van der Waals surface area contributed by atoms with Crippen molar-refractivity contribution in [3.05, 3.63) is 51.7 Å². The smallest absolute Gasteiger partial charge is 0.251 e. The van der Waals surface area contributed by atoms with Crippen LogP contribution >= 0.6 is 11.3 Å². The Labute approximate surface area is 102 Å². The number of aryl methyl sites for hydroxylation is 1. The van der Waals surface area contributed by atoms with Gasteiger partial charge < -0.3 is 5.32 Å². The van der Waals surface area contributed by atoms with Gasteiger partial charge in [0.1, 0.15) is 5.82 Å². The Hall–Kier alpha value is -1.75. The molecule has 3 nitrogen and oxygen atoms in total. The van der Waals surface area contributed by atoms with Crippen molar-refractivity contribution < 1.29 is 9.18 Å². The lowest BCUT2D eigenvalue weighted by Gasteiger charge is -2.02. The Kier molecular flexibility index (Phi) is 3.49. The van der Waals surface area contributed by atoms with Gasteiger partial charge in [0.15, 0.2) is 0 Å². The zero-order valence-corrected chi connectivity index (χ0v) is 10.1. The SMILES string of the molecule is Cc1nc(CNC(=O)c2ccc(F)cc2)cs1. The molecule has 0 aliphatic heterocycles. The lowest BCUT2D eigenvalue weighted by Crippen LogP contribution is -2.22. The van der Waals surface area contributed by atoms with Crippen LogP contribution in [0.25, 0.3) is 0 Å². The van der Waals surface area contributed by atoms with E-state index in [0.29, 0.717) is 12.1 Å². The van der Waals surface area contributed by atoms with Crippen molar-refractivity contribution in [2.45, 2.75) is 13.5 Å². The van der Waals surface area contributed by atoms with Crippen LogP contribution in [0.1, 0.15) is 21.1 Å². The van der Waals surface area contributed by atoms with Crippen molar-refractivity contribution >= 4 is 17.2 Å². The fraction of sp³-hybridized carbons (Fsp3) is 0.167. The van der Waals surface area contributed by atoms with Gasteiger partial charge in [-0.15, -0.1) is 11.3 Å². The molecule has 1 aromatic heterocycles. The number of benzene rings is 1. The first kappa shape index (κ1) is 11.7. The van der Waals surface area contributed by atoms with Crippen LogP contribution in [-0.4, -0.2) is 10.9 Å². The zero-order chi connectivity index (χ0) is 12.3. The number of nitrogens with one attached hydrogen (secondary N) is 1. The summed E-state index contributed by atoms with van der Waals surface area (Å²) in [6.45, 7) is 2.30. The number of carbonyl (C=O) groups is 1. The van der Waals surface area contributed by atoms with Crippen LogP contribution in [0.3, 0.4) is 0 Å². The van der Waals surface area contributed by atoms with Crippen LogP contribution in [0.15, 0.2) is 29.6 Å². The predicted molar refractivity (Wildman–Crippen MR) is 64.4 cm³/mol. The Morgan fingerprint density at radius 3 is 2.71 bits per heavy atom. The van der Waals surface area contributed by atoms with E-state index in [1.165, 1.54) is 24.3 Å². The molecule has 0 aliphatic carbocycles. The van der Waals surface area contributed by atoms with E-state index in [0.717, 1.165) is 10.7 Å². The second-order valence-corrected chi connectivity index (χ2v) is 4.61.